The molecule has 0 spiro atoms. The van der Waals surface area contributed by atoms with Gasteiger partial charge in [-0.15, -0.1) is 6.58 Å². The Balaban J connectivity index is 1.65. The van der Waals surface area contributed by atoms with Crippen LogP contribution in [0.5, 0.6) is 0 Å². The van der Waals surface area contributed by atoms with E-state index in [1.807, 2.05) is 30.3 Å². The Bertz CT molecular complexity index is 1060. The van der Waals surface area contributed by atoms with Gasteiger partial charge in [0.15, 0.2) is 0 Å². The van der Waals surface area contributed by atoms with Gasteiger partial charge in [0.1, 0.15) is 0 Å². The van der Waals surface area contributed by atoms with E-state index in [0.29, 0.717) is 6.54 Å². The predicted octanol–water partition coefficient (Wildman–Crippen LogP) is 2.47. The lowest BCUT2D eigenvalue weighted by atomic mass is 10.1. The molecule has 28 heavy (non-hydrogen) atoms. The highest BCUT2D eigenvalue weighted by Crippen LogP contribution is 2.17. The van der Waals surface area contributed by atoms with Crippen LogP contribution in [0.15, 0.2) is 78.3 Å². The number of hydrogen-bond donors (Lipinski definition) is 3. The van der Waals surface area contributed by atoms with Gasteiger partial charge in [-0.3, -0.25) is 9.89 Å². The van der Waals surface area contributed by atoms with Crippen molar-refractivity contribution in [1.29, 1.82) is 0 Å². The van der Waals surface area contributed by atoms with Crippen molar-refractivity contribution in [3.63, 3.8) is 0 Å². The SMILES string of the molecule is C=CCNS(=O)(=O)c1cccc(C(=O)NCc2ccc(-c3ccn[nH]3)cc2)c1. The lowest BCUT2D eigenvalue weighted by Crippen LogP contribution is -2.25. The van der Waals surface area contributed by atoms with Crippen LogP contribution in [0, 0.1) is 0 Å². The molecule has 2 aromatic carbocycles. The molecule has 8 heteroatoms. The van der Waals surface area contributed by atoms with Crippen molar-refractivity contribution in [1.82, 2.24) is 20.2 Å². The van der Waals surface area contributed by atoms with Gasteiger partial charge in [-0.1, -0.05) is 36.4 Å². The molecule has 3 aromatic rings. The second kappa shape index (κ2) is 8.64. The Morgan fingerprint density at radius 2 is 1.93 bits per heavy atom. The van der Waals surface area contributed by atoms with Crippen LogP contribution in [0.4, 0.5) is 0 Å². The molecule has 3 N–H and O–H groups in total. The molecule has 0 saturated heterocycles. The topological polar surface area (TPSA) is 104 Å². The molecule has 0 saturated carbocycles. The summed E-state index contributed by atoms with van der Waals surface area (Å²) in [7, 11) is -3.68. The van der Waals surface area contributed by atoms with Crippen LogP contribution in [0.2, 0.25) is 0 Å². The molecule has 0 atom stereocenters. The number of amides is 1. The minimum absolute atomic E-state index is 0.0333. The minimum atomic E-state index is -3.68. The molecule has 3 rings (SSSR count). The van der Waals surface area contributed by atoms with Gasteiger partial charge < -0.3 is 5.32 Å². The number of sulfonamides is 1. The van der Waals surface area contributed by atoms with Crippen molar-refractivity contribution in [2.75, 3.05) is 6.54 Å². The second-order valence-electron chi connectivity index (χ2n) is 6.02. The van der Waals surface area contributed by atoms with Crippen molar-refractivity contribution >= 4 is 15.9 Å². The molecular weight excluding hydrogens is 376 g/mol. The van der Waals surface area contributed by atoms with Gasteiger partial charge >= 0.3 is 0 Å². The van der Waals surface area contributed by atoms with Crippen LogP contribution in [-0.2, 0) is 16.6 Å². The van der Waals surface area contributed by atoms with Crippen LogP contribution in [0.1, 0.15) is 15.9 Å². The first-order chi connectivity index (χ1) is 13.5. The number of benzene rings is 2. The van der Waals surface area contributed by atoms with Crippen molar-refractivity contribution in [2.24, 2.45) is 0 Å². The first-order valence-corrected chi connectivity index (χ1v) is 10.1. The number of rotatable bonds is 8. The molecule has 0 bridgehead atoms. The highest BCUT2D eigenvalue weighted by Gasteiger charge is 2.15. The van der Waals surface area contributed by atoms with Crippen LogP contribution < -0.4 is 10.0 Å². The minimum Gasteiger partial charge on any atom is -0.348 e. The van der Waals surface area contributed by atoms with Gasteiger partial charge in [-0.2, -0.15) is 5.10 Å². The Hall–Kier alpha value is -3.23. The Morgan fingerprint density at radius 1 is 1.14 bits per heavy atom. The second-order valence-corrected chi connectivity index (χ2v) is 7.79. The fourth-order valence-electron chi connectivity index (χ4n) is 2.56. The molecular formula is C20H20N4O3S. The zero-order valence-corrected chi connectivity index (χ0v) is 15.9. The molecule has 0 aliphatic heterocycles. The van der Waals surface area contributed by atoms with Crippen LogP contribution >= 0.6 is 0 Å². The van der Waals surface area contributed by atoms with Gasteiger partial charge in [0.2, 0.25) is 10.0 Å². The Kier molecular flexibility index (Phi) is 6.03. The maximum atomic E-state index is 12.4. The van der Waals surface area contributed by atoms with Crippen molar-refractivity contribution < 1.29 is 13.2 Å². The largest absolute Gasteiger partial charge is 0.348 e. The van der Waals surface area contributed by atoms with E-state index in [1.54, 1.807) is 12.3 Å². The molecule has 0 radical (unpaired) electrons. The van der Waals surface area contributed by atoms with Crippen molar-refractivity contribution in [3.05, 3.63) is 84.6 Å². The third-order valence-corrected chi connectivity index (χ3v) is 5.46. The summed E-state index contributed by atoms with van der Waals surface area (Å²) in [6.07, 6.45) is 3.14. The third kappa shape index (κ3) is 4.73. The van der Waals surface area contributed by atoms with E-state index < -0.39 is 10.0 Å². The number of carbonyl (C=O) groups excluding carboxylic acids is 1. The summed E-state index contributed by atoms with van der Waals surface area (Å²) in [5, 5.41) is 9.62. The number of nitrogens with zero attached hydrogens (tertiary/aromatic N) is 1. The highest BCUT2D eigenvalue weighted by molar-refractivity contribution is 7.89. The number of hydrogen-bond acceptors (Lipinski definition) is 4. The summed E-state index contributed by atoms with van der Waals surface area (Å²) in [6, 6.07) is 15.5. The number of carbonyl (C=O) groups is 1. The highest BCUT2D eigenvalue weighted by atomic mass is 32.2. The normalized spacial score (nSPS) is 11.1. The molecule has 1 aromatic heterocycles. The van der Waals surface area contributed by atoms with Gasteiger partial charge in [0, 0.05) is 24.8 Å². The van der Waals surface area contributed by atoms with E-state index >= 15 is 0 Å². The van der Waals surface area contributed by atoms with E-state index in [4.69, 9.17) is 0 Å². The standard InChI is InChI=1S/C20H20N4O3S/c1-2-11-23-28(26,27)18-5-3-4-17(13-18)20(25)21-14-15-6-8-16(9-7-15)19-10-12-22-24-19/h2-10,12-13,23H,1,11,14H2,(H,21,25)(H,22,24). The fourth-order valence-corrected chi connectivity index (χ4v) is 3.60. The molecule has 0 aliphatic carbocycles. The summed E-state index contributed by atoms with van der Waals surface area (Å²) >= 11 is 0. The van der Waals surface area contributed by atoms with Crippen molar-refractivity contribution in [3.8, 4) is 11.3 Å². The number of aromatic amines is 1. The van der Waals surface area contributed by atoms with Gasteiger partial charge in [0.05, 0.1) is 10.6 Å². The maximum Gasteiger partial charge on any atom is 0.251 e. The van der Waals surface area contributed by atoms with E-state index in [2.05, 4.69) is 26.8 Å². The lowest BCUT2D eigenvalue weighted by Gasteiger charge is -2.09. The quantitative estimate of drug-likeness (QED) is 0.509. The monoisotopic (exact) mass is 396 g/mol. The van der Waals surface area contributed by atoms with E-state index in [0.717, 1.165) is 16.8 Å². The summed E-state index contributed by atoms with van der Waals surface area (Å²) in [4.78, 5) is 12.4. The van der Waals surface area contributed by atoms with Crippen LogP contribution in [-0.4, -0.2) is 31.1 Å². The molecule has 1 heterocycles. The molecule has 144 valence electrons. The maximum absolute atomic E-state index is 12.4. The van der Waals surface area contributed by atoms with Gasteiger partial charge in [0.25, 0.3) is 5.91 Å². The van der Waals surface area contributed by atoms with Gasteiger partial charge in [-0.05, 0) is 35.4 Å². The van der Waals surface area contributed by atoms with E-state index in [1.165, 1.54) is 24.3 Å². The van der Waals surface area contributed by atoms with Crippen LogP contribution in [0.25, 0.3) is 11.3 Å². The number of nitrogens with one attached hydrogen (secondary N) is 3. The lowest BCUT2D eigenvalue weighted by molar-refractivity contribution is 0.0950. The summed E-state index contributed by atoms with van der Waals surface area (Å²) in [6.45, 7) is 3.93. The summed E-state index contributed by atoms with van der Waals surface area (Å²) in [5.41, 5.74) is 3.11. The first-order valence-electron chi connectivity index (χ1n) is 8.57. The fraction of sp³-hybridized carbons (Fsp3) is 0.100. The zero-order chi connectivity index (χ0) is 20.0. The Morgan fingerprint density at radius 3 is 2.61 bits per heavy atom. The Labute approximate surface area is 163 Å². The molecule has 0 fully saturated rings. The van der Waals surface area contributed by atoms with E-state index in [9.17, 15) is 13.2 Å². The molecule has 0 unspecified atom stereocenters. The average Bonchev–Trinajstić information content (AvgIpc) is 3.26. The predicted molar refractivity (Wildman–Crippen MR) is 107 cm³/mol. The molecule has 1 amide bonds. The van der Waals surface area contributed by atoms with E-state index in [-0.39, 0.29) is 22.9 Å². The number of aromatic nitrogens is 2. The summed E-state index contributed by atoms with van der Waals surface area (Å²) < 4.78 is 26.7. The zero-order valence-electron chi connectivity index (χ0n) is 15.1. The van der Waals surface area contributed by atoms with Gasteiger partial charge in [-0.25, -0.2) is 13.1 Å². The van der Waals surface area contributed by atoms with Crippen LogP contribution in [0.3, 0.4) is 0 Å². The first kappa shape index (κ1) is 19.5. The van der Waals surface area contributed by atoms with Crippen molar-refractivity contribution in [2.45, 2.75) is 11.4 Å². The smallest absolute Gasteiger partial charge is 0.251 e. The summed E-state index contributed by atoms with van der Waals surface area (Å²) in [5.74, 6) is -0.349. The average molecular weight is 396 g/mol. The molecule has 0 aliphatic rings. The third-order valence-electron chi connectivity index (χ3n) is 4.04. The number of H-pyrrole nitrogens is 1. The molecule has 7 nitrogen and oxygen atoms in total.